The Bertz CT molecular complexity index is 3130. The predicted octanol–water partition coefficient (Wildman–Crippen LogP) is 16.8. The van der Waals surface area contributed by atoms with Crippen LogP contribution in [-0.2, 0) is 10.8 Å². The molecular formula is C60H50. The summed E-state index contributed by atoms with van der Waals surface area (Å²) >= 11 is 0. The Morgan fingerprint density at radius 2 is 0.533 bits per heavy atom. The third-order valence-electron chi connectivity index (χ3n) is 14.8. The molecule has 0 heterocycles. The van der Waals surface area contributed by atoms with E-state index >= 15 is 0 Å². The van der Waals surface area contributed by atoms with Crippen LogP contribution in [0.25, 0.3) is 88.3 Å². The fourth-order valence-electron chi connectivity index (χ4n) is 11.3. The highest BCUT2D eigenvalue weighted by Gasteiger charge is 2.42. The summed E-state index contributed by atoms with van der Waals surface area (Å²) in [6.45, 7) is 9.53. The van der Waals surface area contributed by atoms with E-state index in [9.17, 15) is 0 Å². The lowest BCUT2D eigenvalue weighted by Crippen LogP contribution is -2.23. The summed E-state index contributed by atoms with van der Waals surface area (Å²) in [4.78, 5) is 0. The van der Waals surface area contributed by atoms with E-state index in [1.165, 1.54) is 111 Å². The Balaban J connectivity index is 0.939. The molecule has 0 spiro atoms. The fraction of sp³-hybridized carbons (Fsp3) is 0.167. The molecule has 0 amide bonds. The first kappa shape index (κ1) is 36.6. The first-order valence-corrected chi connectivity index (χ1v) is 22.1. The van der Waals surface area contributed by atoms with Crippen molar-refractivity contribution in [3.63, 3.8) is 0 Å². The average molecular weight is 771 g/mol. The molecule has 290 valence electrons. The Labute approximate surface area is 355 Å². The maximum absolute atomic E-state index is 2.54. The Kier molecular flexibility index (Phi) is 8.57. The topological polar surface area (TPSA) is 0 Å². The molecule has 0 aromatic heterocycles. The van der Waals surface area contributed by atoms with Crippen molar-refractivity contribution in [3.8, 4) is 66.8 Å². The number of hydrogen-bond donors (Lipinski definition) is 0. The SMILES string of the molecule is CCC1(CC)c2cc(-c3ccccc3)ccc2-c2ccc(-c3ccc4c(c3)C(CC)(CC)c3cc(-c5ccc6cc(-c7ccc8ccccc8c7)ccc6c5)ccc3-4)cc21. The third-order valence-corrected chi connectivity index (χ3v) is 14.8. The third kappa shape index (κ3) is 5.43. The molecule has 0 aliphatic heterocycles. The van der Waals surface area contributed by atoms with Crippen molar-refractivity contribution in [1.29, 1.82) is 0 Å². The van der Waals surface area contributed by atoms with E-state index < -0.39 is 0 Å². The molecule has 0 unspecified atom stereocenters. The number of fused-ring (bicyclic) bond motifs is 8. The van der Waals surface area contributed by atoms with Crippen LogP contribution < -0.4 is 0 Å². The van der Waals surface area contributed by atoms with Gasteiger partial charge in [-0.3, -0.25) is 0 Å². The highest BCUT2D eigenvalue weighted by atomic mass is 14.5. The number of benzene rings is 9. The van der Waals surface area contributed by atoms with Gasteiger partial charge in [-0.25, -0.2) is 0 Å². The molecule has 11 rings (SSSR count). The van der Waals surface area contributed by atoms with Gasteiger partial charge in [0.2, 0.25) is 0 Å². The molecule has 0 heteroatoms. The molecule has 0 saturated carbocycles. The van der Waals surface area contributed by atoms with Crippen LogP contribution in [0.15, 0.2) is 182 Å². The summed E-state index contributed by atoms with van der Waals surface area (Å²) in [7, 11) is 0. The van der Waals surface area contributed by atoms with Gasteiger partial charge >= 0.3 is 0 Å². The molecule has 9 aromatic rings. The van der Waals surface area contributed by atoms with E-state index in [1.807, 2.05) is 0 Å². The van der Waals surface area contributed by atoms with Crippen LogP contribution >= 0.6 is 0 Å². The number of rotatable bonds is 8. The first-order valence-electron chi connectivity index (χ1n) is 22.1. The van der Waals surface area contributed by atoms with E-state index in [0.29, 0.717) is 0 Å². The van der Waals surface area contributed by atoms with Gasteiger partial charge in [0.15, 0.2) is 0 Å². The normalized spacial score (nSPS) is 14.2. The van der Waals surface area contributed by atoms with E-state index in [2.05, 4.69) is 210 Å². The minimum absolute atomic E-state index is 0.00624. The molecule has 0 fully saturated rings. The molecule has 0 nitrogen and oxygen atoms in total. The van der Waals surface area contributed by atoms with E-state index in [-0.39, 0.29) is 10.8 Å². The lowest BCUT2D eigenvalue weighted by atomic mass is 9.72. The summed E-state index contributed by atoms with van der Waals surface area (Å²) in [5.41, 5.74) is 21.7. The highest BCUT2D eigenvalue weighted by Crippen LogP contribution is 2.56. The molecule has 2 aliphatic carbocycles. The van der Waals surface area contributed by atoms with Crippen LogP contribution in [-0.4, -0.2) is 0 Å². The Morgan fingerprint density at radius 1 is 0.250 bits per heavy atom. The van der Waals surface area contributed by atoms with Crippen LogP contribution in [0, 0.1) is 0 Å². The molecule has 0 atom stereocenters. The molecular weight excluding hydrogens is 721 g/mol. The van der Waals surface area contributed by atoms with Crippen LogP contribution in [0.1, 0.15) is 75.6 Å². The Morgan fingerprint density at radius 3 is 0.917 bits per heavy atom. The van der Waals surface area contributed by atoms with Gasteiger partial charge in [-0.1, -0.05) is 167 Å². The van der Waals surface area contributed by atoms with Crippen molar-refractivity contribution in [2.24, 2.45) is 0 Å². The zero-order valence-corrected chi connectivity index (χ0v) is 35.1. The fourth-order valence-corrected chi connectivity index (χ4v) is 11.3. The van der Waals surface area contributed by atoms with Crippen molar-refractivity contribution in [1.82, 2.24) is 0 Å². The van der Waals surface area contributed by atoms with Crippen molar-refractivity contribution >= 4 is 21.5 Å². The molecule has 2 aliphatic rings. The van der Waals surface area contributed by atoms with E-state index in [0.717, 1.165) is 25.7 Å². The van der Waals surface area contributed by atoms with E-state index in [4.69, 9.17) is 0 Å². The molecule has 0 radical (unpaired) electrons. The van der Waals surface area contributed by atoms with Gasteiger partial charge in [0.1, 0.15) is 0 Å². The molecule has 0 N–H and O–H groups in total. The zero-order valence-electron chi connectivity index (χ0n) is 35.1. The van der Waals surface area contributed by atoms with Crippen LogP contribution in [0.4, 0.5) is 0 Å². The van der Waals surface area contributed by atoms with Crippen molar-refractivity contribution in [2.45, 2.75) is 64.2 Å². The summed E-state index contributed by atoms with van der Waals surface area (Å²) < 4.78 is 0. The monoisotopic (exact) mass is 770 g/mol. The first-order chi connectivity index (χ1) is 29.5. The lowest BCUT2D eigenvalue weighted by Gasteiger charge is -2.31. The zero-order chi connectivity index (χ0) is 40.6. The van der Waals surface area contributed by atoms with Crippen LogP contribution in [0.5, 0.6) is 0 Å². The molecule has 9 aromatic carbocycles. The number of hydrogen-bond acceptors (Lipinski definition) is 0. The highest BCUT2D eigenvalue weighted by molar-refractivity contribution is 5.94. The maximum atomic E-state index is 2.54. The predicted molar refractivity (Wildman–Crippen MR) is 257 cm³/mol. The largest absolute Gasteiger partial charge is 0.0642 e. The summed E-state index contributed by atoms with van der Waals surface area (Å²) in [6.07, 6.45) is 4.27. The van der Waals surface area contributed by atoms with Gasteiger partial charge in [0, 0.05) is 10.8 Å². The van der Waals surface area contributed by atoms with E-state index in [1.54, 1.807) is 0 Å². The van der Waals surface area contributed by atoms with Gasteiger partial charge in [-0.2, -0.15) is 0 Å². The lowest BCUT2D eigenvalue weighted by molar-refractivity contribution is 0.490. The van der Waals surface area contributed by atoms with Gasteiger partial charge < -0.3 is 0 Å². The van der Waals surface area contributed by atoms with Gasteiger partial charge in [-0.05, 0) is 179 Å². The second kappa shape index (κ2) is 14.1. The Hall–Kier alpha value is -6.50. The molecule has 60 heavy (non-hydrogen) atoms. The van der Waals surface area contributed by atoms with Crippen LogP contribution in [0.3, 0.4) is 0 Å². The smallest absolute Gasteiger partial charge is 0.0210 e. The average Bonchev–Trinajstić information content (AvgIpc) is 3.76. The summed E-state index contributed by atoms with van der Waals surface area (Å²) in [5, 5.41) is 5.09. The maximum Gasteiger partial charge on any atom is 0.0210 e. The van der Waals surface area contributed by atoms with Crippen molar-refractivity contribution < 1.29 is 0 Å². The minimum atomic E-state index is -0.0420. The van der Waals surface area contributed by atoms with Crippen LogP contribution in [0.2, 0.25) is 0 Å². The van der Waals surface area contributed by atoms with Gasteiger partial charge in [0.25, 0.3) is 0 Å². The summed E-state index contributed by atoms with van der Waals surface area (Å²) in [5.74, 6) is 0. The molecule has 0 saturated heterocycles. The van der Waals surface area contributed by atoms with Gasteiger partial charge in [-0.15, -0.1) is 0 Å². The second-order valence-electron chi connectivity index (χ2n) is 17.3. The second-order valence-corrected chi connectivity index (χ2v) is 17.3. The van der Waals surface area contributed by atoms with Crippen molar-refractivity contribution in [2.75, 3.05) is 0 Å². The summed E-state index contributed by atoms with van der Waals surface area (Å²) in [6, 6.07) is 69.2. The standard InChI is InChI=1S/C60H50/c1-5-59(6-2)55-35-47(39-14-10-9-11-15-39)24-28-51(55)53-30-26-49(37-57(53)59)50-27-31-54-52-29-25-48(36-56(52)60(7-3,8-4)58(54)38-50)46-23-22-44-33-43(20-21-45(44)34-46)42-19-18-40-16-12-13-17-41(40)32-42/h9-38H,5-8H2,1-4H3. The quantitative estimate of drug-likeness (QED) is 0.144. The van der Waals surface area contributed by atoms with Gasteiger partial charge in [0.05, 0.1) is 0 Å². The van der Waals surface area contributed by atoms with Crippen molar-refractivity contribution in [3.05, 3.63) is 204 Å². The molecule has 0 bridgehead atoms. The minimum Gasteiger partial charge on any atom is -0.0642 e.